The molecule has 1 aliphatic carbocycles. The maximum Gasteiger partial charge on any atom is 0.149 e. The number of piperidine rings is 1. The van der Waals surface area contributed by atoms with E-state index in [1.807, 2.05) is 39.8 Å². The fraction of sp³-hybridized carbons (Fsp3) is 0.423. The van der Waals surface area contributed by atoms with Crippen LogP contribution in [-0.2, 0) is 10.3 Å². The van der Waals surface area contributed by atoms with Gasteiger partial charge in [0.25, 0.3) is 0 Å². The number of hydrogen-bond acceptors (Lipinski definition) is 3. The van der Waals surface area contributed by atoms with Crippen molar-refractivity contribution in [3.05, 3.63) is 83.7 Å². The van der Waals surface area contributed by atoms with Crippen molar-refractivity contribution in [3.8, 4) is 6.07 Å². The second-order valence-corrected chi connectivity index (χ2v) is 8.25. The molecule has 1 aliphatic heterocycles. The van der Waals surface area contributed by atoms with Gasteiger partial charge in [-0.25, -0.2) is 0 Å². The molecule has 3 heteroatoms. The highest BCUT2D eigenvalue weighted by Crippen LogP contribution is 2.37. The number of fused-ring (bicyclic) bond motifs is 1. The lowest BCUT2D eigenvalue weighted by Crippen LogP contribution is -2.24. The molecule has 0 spiro atoms. The lowest BCUT2D eigenvalue weighted by Gasteiger charge is -2.31. The molecule has 3 atom stereocenters. The number of nitrogens with zero attached hydrogens (tertiary/aromatic N) is 1. The maximum atomic E-state index is 9.00. The molecule has 1 aromatic rings. The van der Waals surface area contributed by atoms with Crippen molar-refractivity contribution in [1.29, 1.82) is 5.26 Å². The van der Waals surface area contributed by atoms with Gasteiger partial charge < -0.3 is 10.1 Å². The zero-order valence-electron chi connectivity index (χ0n) is 18.3. The molecule has 0 amide bonds. The molecule has 2 fully saturated rings. The monoisotopic (exact) mass is 390 g/mol. The Kier molecular flexibility index (Phi) is 7.65. The SMILES string of the molecule is C1CNC2CC2C1.C=C/C(C)=C(/OC(C)(C=C)c1ccc(C#N)cc1C)C(=C)C. The number of aryl methyl sites for hydroxylation is 1. The third-order valence-electron chi connectivity index (χ3n) is 5.73. The maximum absolute atomic E-state index is 9.00. The molecule has 1 aromatic carbocycles. The predicted octanol–water partition coefficient (Wildman–Crippen LogP) is 6.08. The van der Waals surface area contributed by atoms with E-state index in [-0.39, 0.29) is 0 Å². The molecule has 0 aromatic heterocycles. The summed E-state index contributed by atoms with van der Waals surface area (Å²) in [4.78, 5) is 0. The summed E-state index contributed by atoms with van der Waals surface area (Å²) < 4.78 is 6.25. The molecule has 1 N–H and O–H groups in total. The Labute approximate surface area is 176 Å². The molecule has 154 valence electrons. The van der Waals surface area contributed by atoms with Gasteiger partial charge in [0.2, 0.25) is 0 Å². The first-order chi connectivity index (χ1) is 13.8. The minimum absolute atomic E-state index is 0.630. The Bertz CT molecular complexity index is 848. The van der Waals surface area contributed by atoms with E-state index in [4.69, 9.17) is 10.00 Å². The molecule has 29 heavy (non-hydrogen) atoms. The predicted molar refractivity (Wildman–Crippen MR) is 121 cm³/mol. The van der Waals surface area contributed by atoms with Crippen molar-refractivity contribution in [1.82, 2.24) is 5.32 Å². The van der Waals surface area contributed by atoms with Crippen LogP contribution in [0.1, 0.15) is 56.7 Å². The van der Waals surface area contributed by atoms with Crippen LogP contribution in [0.5, 0.6) is 0 Å². The quantitative estimate of drug-likeness (QED) is 0.364. The second kappa shape index (κ2) is 9.76. The third-order valence-corrected chi connectivity index (χ3v) is 5.73. The minimum Gasteiger partial charge on any atom is -0.478 e. The molecule has 1 heterocycles. The van der Waals surface area contributed by atoms with Crippen LogP contribution in [0.3, 0.4) is 0 Å². The average molecular weight is 391 g/mol. The van der Waals surface area contributed by atoms with Crippen LogP contribution in [-0.4, -0.2) is 12.6 Å². The van der Waals surface area contributed by atoms with Crippen molar-refractivity contribution in [2.24, 2.45) is 5.92 Å². The summed E-state index contributed by atoms with van der Waals surface area (Å²) in [5.41, 5.74) is 3.63. The molecule has 3 rings (SSSR count). The molecule has 1 saturated carbocycles. The lowest BCUT2D eigenvalue weighted by atomic mass is 9.90. The van der Waals surface area contributed by atoms with Crippen LogP contribution in [0, 0.1) is 24.2 Å². The average Bonchev–Trinajstić information content (AvgIpc) is 3.51. The van der Waals surface area contributed by atoms with Crippen LogP contribution < -0.4 is 5.32 Å². The highest BCUT2D eigenvalue weighted by Gasteiger charge is 2.38. The molecule has 2 aliphatic rings. The van der Waals surface area contributed by atoms with E-state index in [0.29, 0.717) is 11.3 Å². The minimum atomic E-state index is -0.712. The van der Waals surface area contributed by atoms with E-state index in [0.717, 1.165) is 34.2 Å². The number of nitrogens with one attached hydrogen (secondary N) is 1. The van der Waals surface area contributed by atoms with Gasteiger partial charge in [0, 0.05) is 11.6 Å². The van der Waals surface area contributed by atoms with Gasteiger partial charge in [0.1, 0.15) is 11.4 Å². The number of allylic oxidation sites excluding steroid dienone is 3. The van der Waals surface area contributed by atoms with Gasteiger partial charge in [-0.05, 0) is 94.3 Å². The molecule has 0 bridgehead atoms. The van der Waals surface area contributed by atoms with Gasteiger partial charge in [0.05, 0.1) is 11.6 Å². The summed E-state index contributed by atoms with van der Waals surface area (Å²) in [6, 6.07) is 8.65. The second-order valence-electron chi connectivity index (χ2n) is 8.25. The van der Waals surface area contributed by atoms with Crippen LogP contribution in [0.15, 0.2) is 67.0 Å². The van der Waals surface area contributed by atoms with Gasteiger partial charge in [-0.3, -0.25) is 0 Å². The van der Waals surface area contributed by atoms with Gasteiger partial charge in [-0.1, -0.05) is 31.9 Å². The zero-order valence-corrected chi connectivity index (χ0v) is 18.3. The van der Waals surface area contributed by atoms with Crippen molar-refractivity contribution >= 4 is 0 Å². The smallest absolute Gasteiger partial charge is 0.149 e. The summed E-state index contributed by atoms with van der Waals surface area (Å²) in [7, 11) is 0. The Balaban J connectivity index is 0.000000351. The number of hydrogen-bond donors (Lipinski definition) is 1. The van der Waals surface area contributed by atoms with Crippen molar-refractivity contribution in [2.45, 2.75) is 58.6 Å². The van der Waals surface area contributed by atoms with Crippen LogP contribution in [0.2, 0.25) is 0 Å². The largest absolute Gasteiger partial charge is 0.478 e. The first-order valence-electron chi connectivity index (χ1n) is 10.3. The third kappa shape index (κ3) is 5.71. The van der Waals surface area contributed by atoms with Gasteiger partial charge >= 0.3 is 0 Å². The standard InChI is InChI=1S/C20H23NO.C6H11N/c1-8-15(5)19(14(3)4)22-20(7,9-2)18-11-10-17(13-21)12-16(18)6;1-2-5-4-6(5)7-3-1/h8-12H,1-3H2,4-7H3;5-7H,1-4H2/b19-15+;. The topological polar surface area (TPSA) is 45.0 Å². The van der Waals surface area contributed by atoms with Crippen molar-refractivity contribution in [2.75, 3.05) is 6.54 Å². The van der Waals surface area contributed by atoms with Crippen molar-refractivity contribution < 1.29 is 4.74 Å². The van der Waals surface area contributed by atoms with Crippen molar-refractivity contribution in [3.63, 3.8) is 0 Å². The van der Waals surface area contributed by atoms with Crippen LogP contribution in [0.4, 0.5) is 0 Å². The zero-order chi connectivity index (χ0) is 21.6. The summed E-state index contributed by atoms with van der Waals surface area (Å²) >= 11 is 0. The molecular formula is C26H34N2O. The Morgan fingerprint density at radius 1 is 1.34 bits per heavy atom. The Hall–Kier alpha value is -2.57. The number of benzene rings is 1. The van der Waals surface area contributed by atoms with Crippen LogP contribution in [0.25, 0.3) is 0 Å². The summed E-state index contributed by atoms with van der Waals surface area (Å²) in [6.45, 7) is 20.7. The van der Waals surface area contributed by atoms with E-state index < -0.39 is 5.60 Å². The number of rotatable bonds is 6. The molecule has 0 radical (unpaired) electrons. The summed E-state index contributed by atoms with van der Waals surface area (Å²) in [6.07, 6.45) is 7.90. The van der Waals surface area contributed by atoms with Gasteiger partial charge in [0.15, 0.2) is 0 Å². The van der Waals surface area contributed by atoms with E-state index in [1.165, 1.54) is 25.8 Å². The first-order valence-corrected chi connectivity index (χ1v) is 10.3. The fourth-order valence-corrected chi connectivity index (χ4v) is 3.77. The first kappa shape index (κ1) is 22.7. The Morgan fingerprint density at radius 2 is 2.07 bits per heavy atom. The normalized spacial score (nSPS) is 22.3. The van der Waals surface area contributed by atoms with E-state index >= 15 is 0 Å². The molecule has 3 unspecified atom stereocenters. The summed E-state index contributed by atoms with van der Waals surface area (Å²) in [5.74, 6) is 1.80. The molecule has 3 nitrogen and oxygen atoms in total. The summed E-state index contributed by atoms with van der Waals surface area (Å²) in [5, 5.41) is 12.5. The number of nitriles is 1. The van der Waals surface area contributed by atoms with E-state index in [9.17, 15) is 0 Å². The van der Waals surface area contributed by atoms with Gasteiger partial charge in [-0.2, -0.15) is 5.26 Å². The highest BCUT2D eigenvalue weighted by molar-refractivity contribution is 5.42. The fourth-order valence-electron chi connectivity index (χ4n) is 3.77. The highest BCUT2D eigenvalue weighted by atomic mass is 16.5. The molecular weight excluding hydrogens is 356 g/mol. The van der Waals surface area contributed by atoms with Crippen LogP contribution >= 0.6 is 0 Å². The Morgan fingerprint density at radius 3 is 2.52 bits per heavy atom. The lowest BCUT2D eigenvalue weighted by molar-refractivity contribution is 0.0628. The van der Waals surface area contributed by atoms with Gasteiger partial charge in [-0.15, -0.1) is 0 Å². The van der Waals surface area contributed by atoms with E-state index in [2.05, 4.69) is 31.1 Å². The number of ether oxygens (including phenoxy) is 1. The van der Waals surface area contributed by atoms with E-state index in [1.54, 1.807) is 18.2 Å². The molecule has 1 saturated heterocycles.